The number of anilines is 2. The minimum atomic E-state index is -0.271. The Balaban J connectivity index is 2.09. The van der Waals surface area contributed by atoms with E-state index in [-0.39, 0.29) is 17.4 Å². The Morgan fingerprint density at radius 2 is 2.19 bits per heavy atom. The van der Waals surface area contributed by atoms with Gasteiger partial charge in [-0.3, -0.25) is 4.57 Å². The van der Waals surface area contributed by atoms with Gasteiger partial charge in [0.15, 0.2) is 0 Å². The lowest BCUT2D eigenvalue weighted by molar-refractivity contribution is 0.748. The second-order valence-electron chi connectivity index (χ2n) is 5.84. The van der Waals surface area contributed by atoms with E-state index in [2.05, 4.69) is 26.8 Å². The summed E-state index contributed by atoms with van der Waals surface area (Å²) in [5.74, 6) is 1.98. The molecule has 0 aromatic carbocycles. The molecule has 3 N–H and O–H groups in total. The van der Waals surface area contributed by atoms with Gasteiger partial charge in [0.1, 0.15) is 41.2 Å². The number of hydrogen-bond donors (Lipinski definition) is 2. The molecule has 3 aromatic heterocycles. The van der Waals surface area contributed by atoms with Gasteiger partial charge in [-0.1, -0.05) is 19.6 Å². The molecule has 0 aliphatic rings. The topological polar surface area (TPSA) is 118 Å². The van der Waals surface area contributed by atoms with Crippen molar-refractivity contribution in [1.29, 1.82) is 5.26 Å². The standard InChI is InChI=1S/C19H20N8/c1-4-14-15(5-2)27(16-8-6-7-9-22-16)19(26-14)12(3)25-18-13(10-20)17(21)23-11-24-18/h5-9,11-12H,2,4H2,1,3H3,(H3,21,23,24,25)/t12-/m1/s1. The first-order valence-corrected chi connectivity index (χ1v) is 8.53. The predicted octanol–water partition coefficient (Wildman–Crippen LogP) is 2.89. The predicted molar refractivity (Wildman–Crippen MR) is 104 cm³/mol. The van der Waals surface area contributed by atoms with Crippen LogP contribution in [-0.2, 0) is 6.42 Å². The van der Waals surface area contributed by atoms with Crippen molar-refractivity contribution in [3.63, 3.8) is 0 Å². The maximum Gasteiger partial charge on any atom is 0.150 e. The first-order valence-electron chi connectivity index (χ1n) is 8.53. The second-order valence-corrected chi connectivity index (χ2v) is 5.84. The molecule has 0 bridgehead atoms. The minimum Gasteiger partial charge on any atom is -0.382 e. The number of hydrogen-bond acceptors (Lipinski definition) is 7. The van der Waals surface area contributed by atoms with Crippen LogP contribution in [0.2, 0.25) is 0 Å². The Kier molecular flexibility index (Phi) is 5.13. The Bertz CT molecular complexity index is 1000. The van der Waals surface area contributed by atoms with Crippen molar-refractivity contribution >= 4 is 17.7 Å². The van der Waals surface area contributed by atoms with Crippen LogP contribution in [0.15, 0.2) is 37.3 Å². The lowest BCUT2D eigenvalue weighted by Gasteiger charge is -2.17. The highest BCUT2D eigenvalue weighted by molar-refractivity contribution is 5.62. The van der Waals surface area contributed by atoms with E-state index in [0.29, 0.717) is 5.82 Å². The van der Waals surface area contributed by atoms with E-state index in [1.54, 1.807) is 12.3 Å². The zero-order valence-corrected chi connectivity index (χ0v) is 15.2. The van der Waals surface area contributed by atoms with Crippen molar-refractivity contribution in [3.8, 4) is 11.9 Å². The van der Waals surface area contributed by atoms with Gasteiger partial charge in [0.25, 0.3) is 0 Å². The van der Waals surface area contributed by atoms with Crippen LogP contribution < -0.4 is 11.1 Å². The molecule has 0 saturated carbocycles. The number of nitriles is 1. The van der Waals surface area contributed by atoms with Crippen molar-refractivity contribution in [3.05, 3.63) is 60.1 Å². The summed E-state index contributed by atoms with van der Waals surface area (Å²) >= 11 is 0. The monoisotopic (exact) mass is 360 g/mol. The molecule has 8 heteroatoms. The molecule has 3 heterocycles. The lowest BCUT2D eigenvalue weighted by atomic mass is 10.2. The van der Waals surface area contributed by atoms with Crippen LogP contribution in [0, 0.1) is 11.3 Å². The Labute approximate surface area is 157 Å². The van der Waals surface area contributed by atoms with Gasteiger partial charge in [0, 0.05) is 6.20 Å². The molecule has 0 spiro atoms. The number of nitrogens with one attached hydrogen (secondary N) is 1. The summed E-state index contributed by atoms with van der Waals surface area (Å²) in [5, 5.41) is 12.6. The fourth-order valence-electron chi connectivity index (χ4n) is 2.87. The number of nitrogens with two attached hydrogens (primary N) is 1. The van der Waals surface area contributed by atoms with Gasteiger partial charge in [0.05, 0.1) is 17.4 Å². The van der Waals surface area contributed by atoms with Gasteiger partial charge < -0.3 is 11.1 Å². The van der Waals surface area contributed by atoms with Crippen LogP contribution in [0.5, 0.6) is 0 Å². The highest BCUT2D eigenvalue weighted by atomic mass is 15.2. The normalized spacial score (nSPS) is 11.6. The summed E-state index contributed by atoms with van der Waals surface area (Å²) in [4.78, 5) is 17.2. The molecule has 0 radical (unpaired) electrons. The molecule has 0 fully saturated rings. The van der Waals surface area contributed by atoms with Gasteiger partial charge in [-0.15, -0.1) is 0 Å². The van der Waals surface area contributed by atoms with Crippen molar-refractivity contribution in [2.75, 3.05) is 11.1 Å². The summed E-state index contributed by atoms with van der Waals surface area (Å²) in [6, 6.07) is 7.46. The summed E-state index contributed by atoms with van der Waals surface area (Å²) in [5.41, 5.74) is 7.80. The number of aryl methyl sites for hydroxylation is 1. The smallest absolute Gasteiger partial charge is 0.150 e. The third-order valence-corrected chi connectivity index (χ3v) is 4.15. The first-order chi connectivity index (χ1) is 13.1. The summed E-state index contributed by atoms with van der Waals surface area (Å²) in [7, 11) is 0. The molecular formula is C19H20N8. The number of imidazole rings is 1. The van der Waals surface area contributed by atoms with Gasteiger partial charge in [0.2, 0.25) is 0 Å². The molecule has 3 aromatic rings. The van der Waals surface area contributed by atoms with Crippen LogP contribution in [0.3, 0.4) is 0 Å². The molecule has 0 aliphatic carbocycles. The van der Waals surface area contributed by atoms with Crippen LogP contribution in [0.25, 0.3) is 11.9 Å². The second kappa shape index (κ2) is 7.66. The number of pyridine rings is 1. The molecule has 1 atom stereocenters. The van der Waals surface area contributed by atoms with Crippen molar-refractivity contribution in [2.45, 2.75) is 26.3 Å². The molecule has 0 saturated heterocycles. The van der Waals surface area contributed by atoms with E-state index in [1.165, 1.54) is 6.33 Å². The van der Waals surface area contributed by atoms with Gasteiger partial charge in [-0.25, -0.2) is 19.9 Å². The molecule has 3 rings (SSSR count). The number of nitrogens with zero attached hydrogens (tertiary/aromatic N) is 6. The zero-order valence-electron chi connectivity index (χ0n) is 15.2. The number of rotatable bonds is 6. The minimum absolute atomic E-state index is 0.135. The van der Waals surface area contributed by atoms with E-state index in [4.69, 9.17) is 10.7 Å². The SMILES string of the molecule is C=Cc1c(CC)nc([C@@H](C)Nc2ncnc(N)c2C#N)n1-c1ccccn1. The summed E-state index contributed by atoms with van der Waals surface area (Å²) in [6.07, 6.45) is 5.59. The van der Waals surface area contributed by atoms with Gasteiger partial charge in [-0.05, 0) is 31.6 Å². The first kappa shape index (κ1) is 18.1. The quantitative estimate of drug-likeness (QED) is 0.693. The van der Waals surface area contributed by atoms with Crippen molar-refractivity contribution in [2.24, 2.45) is 0 Å². The fourth-order valence-corrected chi connectivity index (χ4v) is 2.87. The Morgan fingerprint density at radius 3 is 2.81 bits per heavy atom. The molecule has 0 unspecified atom stereocenters. The van der Waals surface area contributed by atoms with Crippen LogP contribution >= 0.6 is 0 Å². The van der Waals surface area contributed by atoms with Gasteiger partial charge in [-0.2, -0.15) is 5.26 Å². The Hall–Kier alpha value is -3.73. The van der Waals surface area contributed by atoms with Crippen LogP contribution in [-0.4, -0.2) is 24.5 Å². The number of nitrogen functional groups attached to an aromatic ring is 1. The number of aromatic nitrogens is 5. The summed E-state index contributed by atoms with van der Waals surface area (Å²) < 4.78 is 1.96. The van der Waals surface area contributed by atoms with Crippen LogP contribution in [0.1, 0.15) is 42.7 Å². The van der Waals surface area contributed by atoms with Crippen molar-refractivity contribution in [1.82, 2.24) is 24.5 Å². The highest BCUT2D eigenvalue weighted by Crippen LogP contribution is 2.27. The maximum atomic E-state index is 9.35. The van der Waals surface area contributed by atoms with Gasteiger partial charge >= 0.3 is 0 Å². The molecule has 27 heavy (non-hydrogen) atoms. The molecule has 8 nitrogen and oxygen atoms in total. The average molecular weight is 360 g/mol. The summed E-state index contributed by atoms with van der Waals surface area (Å²) in [6.45, 7) is 7.91. The van der Waals surface area contributed by atoms with E-state index in [1.807, 2.05) is 42.7 Å². The van der Waals surface area contributed by atoms with Crippen molar-refractivity contribution < 1.29 is 0 Å². The fraction of sp³-hybridized carbons (Fsp3) is 0.211. The molecular weight excluding hydrogens is 340 g/mol. The van der Waals surface area contributed by atoms with E-state index in [0.717, 1.165) is 29.5 Å². The van der Waals surface area contributed by atoms with E-state index >= 15 is 0 Å². The molecule has 0 amide bonds. The zero-order chi connectivity index (χ0) is 19.4. The van der Waals surface area contributed by atoms with E-state index in [9.17, 15) is 5.26 Å². The molecule has 136 valence electrons. The van der Waals surface area contributed by atoms with Crippen LogP contribution in [0.4, 0.5) is 11.6 Å². The highest BCUT2D eigenvalue weighted by Gasteiger charge is 2.22. The maximum absolute atomic E-state index is 9.35. The third-order valence-electron chi connectivity index (χ3n) is 4.15. The lowest BCUT2D eigenvalue weighted by Crippen LogP contribution is -2.16. The average Bonchev–Trinajstić information content (AvgIpc) is 3.07. The molecule has 0 aliphatic heterocycles. The largest absolute Gasteiger partial charge is 0.382 e. The Morgan fingerprint density at radius 1 is 1.37 bits per heavy atom. The third kappa shape index (κ3) is 3.35. The van der Waals surface area contributed by atoms with E-state index < -0.39 is 0 Å².